The predicted octanol–water partition coefficient (Wildman–Crippen LogP) is 3.99. The van der Waals surface area contributed by atoms with Crippen molar-refractivity contribution in [1.82, 2.24) is 0 Å². The number of anilines is 2. The minimum atomic E-state index is -4.87. The van der Waals surface area contributed by atoms with Crippen LogP contribution >= 0.6 is 0 Å². The number of rotatable bonds is 4. The van der Waals surface area contributed by atoms with Crippen molar-refractivity contribution >= 4 is 23.2 Å². The number of hydrogen-bond donors (Lipinski definition) is 1. The van der Waals surface area contributed by atoms with E-state index in [0.717, 1.165) is 6.07 Å². The fourth-order valence-corrected chi connectivity index (χ4v) is 2.83. The Labute approximate surface area is 157 Å². The molecule has 0 aromatic heterocycles. The number of nitrogens with zero attached hydrogens (tertiary/aromatic N) is 1. The van der Waals surface area contributed by atoms with Gasteiger partial charge in [0.1, 0.15) is 18.2 Å². The van der Waals surface area contributed by atoms with Crippen LogP contribution in [0.3, 0.4) is 0 Å². The van der Waals surface area contributed by atoms with Gasteiger partial charge in [-0.3, -0.25) is 9.59 Å². The molecule has 0 radical (unpaired) electrons. The van der Waals surface area contributed by atoms with E-state index < -0.39 is 23.5 Å². The van der Waals surface area contributed by atoms with Crippen LogP contribution in [-0.4, -0.2) is 25.0 Å². The summed E-state index contributed by atoms with van der Waals surface area (Å²) in [5.74, 6) is -1.81. The van der Waals surface area contributed by atoms with Crippen molar-refractivity contribution in [1.29, 1.82) is 0 Å². The quantitative estimate of drug-likeness (QED) is 0.796. The van der Waals surface area contributed by atoms with Crippen LogP contribution in [0, 0.1) is 5.82 Å². The molecule has 28 heavy (non-hydrogen) atoms. The van der Waals surface area contributed by atoms with Gasteiger partial charge in [-0.05, 0) is 30.3 Å². The number of alkyl halides is 3. The number of hydrogen-bond acceptors (Lipinski definition) is 3. The molecule has 0 atom stereocenters. The molecule has 5 nitrogen and oxygen atoms in total. The number of para-hydroxylation sites is 2. The van der Waals surface area contributed by atoms with Crippen LogP contribution < -0.4 is 15.0 Å². The van der Waals surface area contributed by atoms with E-state index in [0.29, 0.717) is 36.7 Å². The van der Waals surface area contributed by atoms with E-state index in [2.05, 4.69) is 5.32 Å². The highest BCUT2D eigenvalue weighted by Gasteiger charge is 2.34. The normalized spacial score (nSPS) is 13.5. The summed E-state index contributed by atoms with van der Waals surface area (Å²) in [4.78, 5) is 26.0. The molecule has 2 amide bonds. The zero-order chi connectivity index (χ0) is 20.3. The maximum Gasteiger partial charge on any atom is 0.419 e. The molecule has 0 saturated carbocycles. The molecule has 0 fully saturated rings. The number of carbonyl (C=O) groups is 2. The topological polar surface area (TPSA) is 58.6 Å². The number of nitrogens with one attached hydrogen (secondary N) is 1. The third-order valence-corrected chi connectivity index (χ3v) is 4.15. The second kappa shape index (κ2) is 7.87. The molecule has 3 rings (SSSR count). The van der Waals surface area contributed by atoms with E-state index in [4.69, 9.17) is 4.74 Å². The van der Waals surface area contributed by atoms with E-state index in [9.17, 15) is 27.2 Å². The van der Waals surface area contributed by atoms with E-state index in [1.54, 1.807) is 24.3 Å². The molecule has 148 valence electrons. The highest BCUT2D eigenvalue weighted by Crippen LogP contribution is 2.33. The molecule has 0 spiro atoms. The zero-order valence-electron chi connectivity index (χ0n) is 14.6. The zero-order valence-corrected chi connectivity index (χ0v) is 14.6. The average Bonchev–Trinajstić information content (AvgIpc) is 2.66. The van der Waals surface area contributed by atoms with Gasteiger partial charge in [-0.2, -0.15) is 13.2 Å². The molecule has 9 heteroatoms. The Morgan fingerprint density at radius 3 is 2.61 bits per heavy atom. The molecule has 2 aromatic rings. The molecule has 0 bridgehead atoms. The van der Waals surface area contributed by atoms with Gasteiger partial charge in [0.05, 0.1) is 17.8 Å². The van der Waals surface area contributed by atoms with Crippen molar-refractivity contribution < 1.29 is 31.9 Å². The Balaban J connectivity index is 1.60. The Morgan fingerprint density at radius 2 is 1.86 bits per heavy atom. The highest BCUT2D eigenvalue weighted by atomic mass is 19.4. The van der Waals surface area contributed by atoms with Crippen LogP contribution in [0.25, 0.3) is 0 Å². The Bertz CT molecular complexity index is 899. The minimum absolute atomic E-state index is 0.131. The first kappa shape index (κ1) is 19.7. The Morgan fingerprint density at radius 1 is 1.11 bits per heavy atom. The summed E-state index contributed by atoms with van der Waals surface area (Å²) >= 11 is 0. The molecule has 0 unspecified atom stereocenters. The van der Waals surface area contributed by atoms with Crippen LogP contribution in [0.4, 0.5) is 28.9 Å². The summed E-state index contributed by atoms with van der Waals surface area (Å²) in [7, 11) is 0. The van der Waals surface area contributed by atoms with Crippen LogP contribution in [0.2, 0.25) is 0 Å². The van der Waals surface area contributed by atoms with E-state index in [1.807, 2.05) is 0 Å². The number of benzene rings is 2. The number of carbonyl (C=O) groups excluding carboxylic acids is 2. The number of halogens is 4. The van der Waals surface area contributed by atoms with Gasteiger partial charge in [0.2, 0.25) is 11.8 Å². The van der Waals surface area contributed by atoms with Crippen molar-refractivity contribution in [2.75, 3.05) is 23.4 Å². The molecule has 1 heterocycles. The fraction of sp³-hybridized carbons (Fsp3) is 0.263. The van der Waals surface area contributed by atoms with Crippen LogP contribution in [0.1, 0.15) is 18.4 Å². The highest BCUT2D eigenvalue weighted by molar-refractivity contribution is 5.99. The monoisotopic (exact) mass is 396 g/mol. The fourth-order valence-electron chi connectivity index (χ4n) is 2.83. The molecule has 0 aliphatic carbocycles. The molecule has 1 N–H and O–H groups in total. The first-order chi connectivity index (χ1) is 13.3. The van der Waals surface area contributed by atoms with Crippen LogP contribution in [-0.2, 0) is 15.8 Å². The summed E-state index contributed by atoms with van der Waals surface area (Å²) < 4.78 is 57.0. The first-order valence-corrected chi connectivity index (χ1v) is 8.44. The van der Waals surface area contributed by atoms with Gasteiger partial charge < -0.3 is 15.0 Å². The van der Waals surface area contributed by atoms with Gasteiger partial charge in [-0.25, -0.2) is 4.39 Å². The lowest BCUT2D eigenvalue weighted by Crippen LogP contribution is -2.38. The molecule has 2 aromatic carbocycles. The predicted molar refractivity (Wildman–Crippen MR) is 93.6 cm³/mol. The lowest BCUT2D eigenvalue weighted by molar-refractivity contribution is -0.140. The van der Waals surface area contributed by atoms with Gasteiger partial charge in [0.25, 0.3) is 0 Å². The molecule has 0 saturated heterocycles. The van der Waals surface area contributed by atoms with Crippen molar-refractivity contribution in [2.24, 2.45) is 0 Å². The summed E-state index contributed by atoms with van der Waals surface area (Å²) in [6.45, 7) is 0.662. The molecule has 1 aliphatic rings. The molecule has 1 aliphatic heterocycles. The summed E-state index contributed by atoms with van der Waals surface area (Å²) in [6, 6.07) is 9.17. The number of amides is 2. The van der Waals surface area contributed by atoms with Crippen LogP contribution in [0.15, 0.2) is 42.5 Å². The Hall–Kier alpha value is -3.10. The smallest absolute Gasteiger partial charge is 0.419 e. The van der Waals surface area contributed by atoms with Crippen molar-refractivity contribution in [2.45, 2.75) is 19.0 Å². The van der Waals surface area contributed by atoms with Gasteiger partial charge in [-0.1, -0.05) is 12.1 Å². The summed E-state index contributed by atoms with van der Waals surface area (Å²) in [6.07, 6.45) is -5.23. The van der Waals surface area contributed by atoms with Crippen LogP contribution in [0.5, 0.6) is 5.75 Å². The number of ether oxygens (including phenoxy) is 1. The minimum Gasteiger partial charge on any atom is -0.490 e. The third-order valence-electron chi connectivity index (χ3n) is 4.15. The number of fused-ring (bicyclic) bond motifs is 1. The lowest BCUT2D eigenvalue weighted by atomic mass is 10.1. The standard InChI is InChI=1S/C19H16F4N2O3/c20-14-6-5-12(11-13(14)19(21,22)23)24-17(26)7-8-18(27)25-9-10-28-16-4-2-1-3-15(16)25/h1-6,11H,7-10H2,(H,24,26). The maximum atomic E-state index is 13.3. The summed E-state index contributed by atoms with van der Waals surface area (Å²) in [5, 5.41) is 2.26. The van der Waals surface area contributed by atoms with Gasteiger partial charge >= 0.3 is 6.18 Å². The largest absolute Gasteiger partial charge is 0.490 e. The van der Waals surface area contributed by atoms with Crippen molar-refractivity contribution in [3.63, 3.8) is 0 Å². The lowest BCUT2D eigenvalue weighted by Gasteiger charge is -2.29. The van der Waals surface area contributed by atoms with E-state index >= 15 is 0 Å². The Kier molecular flexibility index (Phi) is 5.53. The van der Waals surface area contributed by atoms with E-state index in [-0.39, 0.29) is 24.4 Å². The third kappa shape index (κ3) is 4.41. The molecular formula is C19H16F4N2O3. The van der Waals surface area contributed by atoms with Crippen molar-refractivity contribution in [3.05, 3.63) is 53.8 Å². The van der Waals surface area contributed by atoms with Gasteiger partial charge in [0, 0.05) is 18.5 Å². The van der Waals surface area contributed by atoms with Gasteiger partial charge in [-0.15, -0.1) is 0 Å². The summed E-state index contributed by atoms with van der Waals surface area (Å²) in [5.41, 5.74) is -1.05. The van der Waals surface area contributed by atoms with Gasteiger partial charge in [0.15, 0.2) is 0 Å². The maximum absolute atomic E-state index is 13.3. The first-order valence-electron chi connectivity index (χ1n) is 8.44. The second-order valence-corrected chi connectivity index (χ2v) is 6.10. The van der Waals surface area contributed by atoms with Crippen molar-refractivity contribution in [3.8, 4) is 5.75 Å². The average molecular weight is 396 g/mol. The SMILES string of the molecule is O=C(CCC(=O)N1CCOc2ccccc21)Nc1ccc(F)c(C(F)(F)F)c1. The van der Waals surface area contributed by atoms with E-state index in [1.165, 1.54) is 4.90 Å². The second-order valence-electron chi connectivity index (χ2n) is 6.10. The molecular weight excluding hydrogens is 380 g/mol.